The van der Waals surface area contributed by atoms with Crippen LogP contribution in [0.1, 0.15) is 26.0 Å². The third kappa shape index (κ3) is 3.15. The van der Waals surface area contributed by atoms with E-state index in [1.54, 1.807) is 21.1 Å². The fraction of sp³-hybridized carbons (Fsp3) is 0.714. The number of piperazine rings is 1. The second kappa shape index (κ2) is 6.48. The van der Waals surface area contributed by atoms with Crippen LogP contribution in [0.5, 0.6) is 0 Å². The monoisotopic (exact) mass is 315 g/mol. The normalized spacial score (nSPS) is 21.8. The quantitative estimate of drug-likeness (QED) is 0.869. The number of hydrogen-bond acceptors (Lipinski definition) is 4. The Bertz CT molecular complexity index is 561. The number of likely N-dealkylation sites (N-methyl/N-ethyl adjacent to an activating group) is 1. The maximum atomic E-state index is 12.8. The van der Waals surface area contributed by atoms with E-state index < -0.39 is 10.0 Å². The minimum Gasteiger partial charge on any atom is -0.390 e. The van der Waals surface area contributed by atoms with Gasteiger partial charge in [-0.05, 0) is 26.5 Å². The smallest absolute Gasteiger partial charge is 0.244 e. The molecule has 2 rings (SSSR count). The van der Waals surface area contributed by atoms with Gasteiger partial charge in [-0.25, -0.2) is 8.42 Å². The highest BCUT2D eigenvalue weighted by Crippen LogP contribution is 2.22. The van der Waals surface area contributed by atoms with Gasteiger partial charge in [-0.2, -0.15) is 4.31 Å². The second-order valence-corrected chi connectivity index (χ2v) is 7.45. The van der Waals surface area contributed by atoms with E-state index in [2.05, 4.69) is 11.8 Å². The average Bonchev–Trinajstić information content (AvgIpc) is 2.91. The zero-order chi connectivity index (χ0) is 15.6. The van der Waals surface area contributed by atoms with Crippen LogP contribution in [-0.2, 0) is 23.2 Å². The number of aromatic nitrogens is 1. The lowest BCUT2D eigenvalue weighted by atomic mass is 10.1. The van der Waals surface area contributed by atoms with Gasteiger partial charge in [-0.3, -0.25) is 0 Å². The molecule has 0 radical (unpaired) electrons. The van der Waals surface area contributed by atoms with Gasteiger partial charge in [0.1, 0.15) is 4.90 Å². The minimum absolute atomic E-state index is 0.149. The van der Waals surface area contributed by atoms with Gasteiger partial charge in [0.15, 0.2) is 0 Å². The highest BCUT2D eigenvalue weighted by atomic mass is 32.2. The summed E-state index contributed by atoms with van der Waals surface area (Å²) >= 11 is 0. The van der Waals surface area contributed by atoms with E-state index in [0.717, 1.165) is 13.0 Å². The molecule has 2 heterocycles. The van der Waals surface area contributed by atoms with Crippen molar-refractivity contribution in [2.24, 2.45) is 0 Å². The van der Waals surface area contributed by atoms with Gasteiger partial charge in [0.25, 0.3) is 0 Å². The van der Waals surface area contributed by atoms with Gasteiger partial charge >= 0.3 is 0 Å². The third-order valence-corrected chi connectivity index (χ3v) is 6.14. The summed E-state index contributed by atoms with van der Waals surface area (Å²) in [5, 5.41) is 9.32. The minimum atomic E-state index is -3.48. The lowest BCUT2D eigenvalue weighted by molar-refractivity contribution is 0.144. The first-order chi connectivity index (χ1) is 9.93. The van der Waals surface area contributed by atoms with Gasteiger partial charge in [0.2, 0.25) is 10.0 Å². The molecule has 21 heavy (non-hydrogen) atoms. The van der Waals surface area contributed by atoms with Crippen molar-refractivity contribution in [3.63, 3.8) is 0 Å². The number of aliphatic hydroxyl groups excluding tert-OH is 1. The molecule has 0 amide bonds. The van der Waals surface area contributed by atoms with Crippen LogP contribution in [0.25, 0.3) is 0 Å². The summed E-state index contributed by atoms with van der Waals surface area (Å²) in [6.45, 7) is 6.30. The molecule has 1 atom stereocenters. The first kappa shape index (κ1) is 16.5. The number of aryl methyl sites for hydroxylation is 1. The van der Waals surface area contributed by atoms with Crippen LogP contribution in [0.3, 0.4) is 0 Å². The highest BCUT2D eigenvalue weighted by Gasteiger charge is 2.32. The van der Waals surface area contributed by atoms with Gasteiger partial charge in [0, 0.05) is 44.1 Å². The summed E-state index contributed by atoms with van der Waals surface area (Å²) in [5.74, 6) is 0. The van der Waals surface area contributed by atoms with Gasteiger partial charge in [0.05, 0.1) is 6.61 Å². The van der Waals surface area contributed by atoms with Crippen molar-refractivity contribution in [1.29, 1.82) is 0 Å². The van der Waals surface area contributed by atoms with Crippen molar-refractivity contribution in [2.45, 2.75) is 44.4 Å². The van der Waals surface area contributed by atoms with E-state index >= 15 is 0 Å². The molecule has 0 bridgehead atoms. The van der Waals surface area contributed by atoms with E-state index in [0.29, 0.717) is 25.3 Å². The van der Waals surface area contributed by atoms with Gasteiger partial charge < -0.3 is 14.6 Å². The largest absolute Gasteiger partial charge is 0.390 e. The summed E-state index contributed by atoms with van der Waals surface area (Å²) in [6, 6.07) is 1.84. The zero-order valence-corrected chi connectivity index (χ0v) is 13.8. The maximum absolute atomic E-state index is 12.8. The Hall–Kier alpha value is -0.890. The van der Waals surface area contributed by atoms with E-state index in [-0.39, 0.29) is 17.5 Å². The van der Waals surface area contributed by atoms with Crippen molar-refractivity contribution >= 4 is 10.0 Å². The lowest BCUT2D eigenvalue weighted by Crippen LogP contribution is -2.52. The molecule has 6 nitrogen and oxygen atoms in total. The molecule has 1 saturated heterocycles. The van der Waals surface area contributed by atoms with Crippen LogP contribution >= 0.6 is 0 Å². The summed E-state index contributed by atoms with van der Waals surface area (Å²) < 4.78 is 28.9. The molecule has 0 aromatic carbocycles. The maximum Gasteiger partial charge on any atom is 0.244 e. The van der Waals surface area contributed by atoms with Crippen LogP contribution in [0.2, 0.25) is 0 Å². The van der Waals surface area contributed by atoms with Crippen LogP contribution in [0.15, 0.2) is 17.2 Å². The van der Waals surface area contributed by atoms with E-state index in [9.17, 15) is 13.5 Å². The molecule has 0 aliphatic carbocycles. The summed E-state index contributed by atoms with van der Waals surface area (Å²) in [7, 11) is -1.44. The lowest BCUT2D eigenvalue weighted by Gasteiger charge is -2.38. The summed E-state index contributed by atoms with van der Waals surface area (Å²) in [5.41, 5.74) is 0.636. The predicted molar refractivity (Wildman–Crippen MR) is 81.5 cm³/mol. The fourth-order valence-corrected chi connectivity index (χ4v) is 4.35. The summed E-state index contributed by atoms with van der Waals surface area (Å²) in [4.78, 5) is 2.50. The molecule has 0 saturated carbocycles. The second-order valence-electron chi connectivity index (χ2n) is 5.52. The number of sulfonamides is 1. The Kier molecular flexibility index (Phi) is 5.08. The number of hydrogen-bond donors (Lipinski definition) is 1. The Balaban J connectivity index is 2.27. The molecule has 1 aromatic rings. The topological polar surface area (TPSA) is 65.8 Å². The standard InChI is InChI=1S/C14H25N3O3S/c1-4-12-9-17(7-6-15(12)3)21(19,20)14-8-13(11-18)16(5-2)10-14/h8,10,12,18H,4-7,9,11H2,1-3H3. The SMILES string of the molecule is CCC1CN(S(=O)(=O)c2cc(CO)n(CC)c2)CCN1C. The molecule has 7 heteroatoms. The first-order valence-corrected chi connectivity index (χ1v) is 8.88. The van der Waals surface area contributed by atoms with E-state index in [4.69, 9.17) is 0 Å². The number of aliphatic hydroxyl groups is 1. The van der Waals surface area contributed by atoms with Crippen molar-refractivity contribution < 1.29 is 13.5 Å². The van der Waals surface area contributed by atoms with Crippen LogP contribution < -0.4 is 0 Å². The molecule has 0 spiro atoms. The Morgan fingerprint density at radius 3 is 2.57 bits per heavy atom. The summed E-state index contributed by atoms with van der Waals surface area (Å²) in [6.07, 6.45) is 2.56. The van der Waals surface area contributed by atoms with Crippen molar-refractivity contribution in [1.82, 2.24) is 13.8 Å². The van der Waals surface area contributed by atoms with Crippen LogP contribution in [-0.4, -0.2) is 60.0 Å². The fourth-order valence-electron chi connectivity index (χ4n) is 2.82. The van der Waals surface area contributed by atoms with E-state index in [1.807, 2.05) is 14.0 Å². The number of nitrogens with zero attached hydrogens (tertiary/aromatic N) is 3. The Morgan fingerprint density at radius 1 is 1.33 bits per heavy atom. The predicted octanol–water partition coefficient (Wildman–Crippen LogP) is 0.715. The van der Waals surface area contributed by atoms with Crippen molar-refractivity contribution in [2.75, 3.05) is 26.7 Å². The molecular weight excluding hydrogens is 290 g/mol. The Labute approximate surface area is 127 Å². The van der Waals surface area contributed by atoms with Crippen molar-refractivity contribution in [3.8, 4) is 0 Å². The molecule has 1 fully saturated rings. The zero-order valence-electron chi connectivity index (χ0n) is 13.0. The highest BCUT2D eigenvalue weighted by molar-refractivity contribution is 7.89. The van der Waals surface area contributed by atoms with Crippen LogP contribution in [0.4, 0.5) is 0 Å². The third-order valence-electron chi connectivity index (χ3n) is 4.31. The number of rotatable bonds is 5. The molecule has 120 valence electrons. The molecule has 1 aliphatic rings. The van der Waals surface area contributed by atoms with Crippen molar-refractivity contribution in [3.05, 3.63) is 18.0 Å². The molecule has 1 unspecified atom stereocenters. The Morgan fingerprint density at radius 2 is 2.05 bits per heavy atom. The molecule has 1 aliphatic heterocycles. The molecular formula is C14H25N3O3S. The van der Waals surface area contributed by atoms with E-state index in [1.165, 1.54) is 0 Å². The first-order valence-electron chi connectivity index (χ1n) is 7.44. The average molecular weight is 315 g/mol. The van der Waals surface area contributed by atoms with Gasteiger partial charge in [-0.15, -0.1) is 0 Å². The van der Waals surface area contributed by atoms with Crippen LogP contribution in [0, 0.1) is 0 Å². The molecule has 1 N–H and O–H groups in total. The van der Waals surface area contributed by atoms with Gasteiger partial charge in [-0.1, -0.05) is 6.92 Å². The molecule has 1 aromatic heterocycles.